The summed E-state index contributed by atoms with van der Waals surface area (Å²) < 4.78 is 36.1. The van der Waals surface area contributed by atoms with Crippen LogP contribution >= 0.6 is 0 Å². The number of rotatable bonds is 22. The average Bonchev–Trinajstić information content (AvgIpc) is 3.95. The van der Waals surface area contributed by atoms with Gasteiger partial charge in [0.1, 0.15) is 42.0 Å². The second-order valence-electron chi connectivity index (χ2n) is 21.1. The van der Waals surface area contributed by atoms with E-state index in [1.165, 1.54) is 11.1 Å². The highest BCUT2D eigenvalue weighted by atomic mass is 16.8. The lowest BCUT2D eigenvalue weighted by Gasteiger charge is -2.48. The highest BCUT2D eigenvalue weighted by molar-refractivity contribution is 5.95. The molecule has 2 aromatic carbocycles. The van der Waals surface area contributed by atoms with Gasteiger partial charge in [-0.3, -0.25) is 24.0 Å². The van der Waals surface area contributed by atoms with E-state index in [-0.39, 0.29) is 51.1 Å². The maximum atomic E-state index is 15.1. The molecule has 3 N–H and O–H groups in total. The van der Waals surface area contributed by atoms with E-state index in [1.807, 2.05) is 12.1 Å². The van der Waals surface area contributed by atoms with Crippen LogP contribution in [0.5, 0.6) is 0 Å². The van der Waals surface area contributed by atoms with Crippen molar-refractivity contribution in [1.29, 1.82) is 0 Å². The number of amides is 2. The SMILES string of the molecule is CCCCCC1(CCCCC)O[C@@H]2[C@H](O1)[C@H]1ON(Cc3cccc(C=CC(=O)O[C@H]4C(=O)OCC4(C)C)c3)[C@@H]3C(=O)O[C@@H]2C[C@]13C(=O)NCc1cccc(C(=O)N[C@H](CO)CCC(=O)OC(C)(C)C)c1. The molecule has 17 nitrogen and oxygen atoms in total. The molecule has 4 aliphatic heterocycles. The van der Waals surface area contributed by atoms with Crippen LogP contribution in [0.1, 0.15) is 146 Å². The van der Waals surface area contributed by atoms with Gasteiger partial charge in [-0.15, -0.1) is 0 Å². The van der Waals surface area contributed by atoms with Gasteiger partial charge in [-0.1, -0.05) is 89.8 Å². The lowest BCUT2D eigenvalue weighted by atomic mass is 9.62. The van der Waals surface area contributed by atoms with Crippen LogP contribution in [-0.2, 0) is 70.3 Å². The Labute approximate surface area is 410 Å². The van der Waals surface area contributed by atoms with Crippen LogP contribution in [0.25, 0.3) is 6.08 Å². The molecule has 1 saturated carbocycles. The van der Waals surface area contributed by atoms with Crippen molar-refractivity contribution in [3.05, 3.63) is 76.9 Å². The Morgan fingerprint density at radius 3 is 2.30 bits per heavy atom. The van der Waals surface area contributed by atoms with Crippen LogP contribution < -0.4 is 10.6 Å². The predicted molar refractivity (Wildman–Crippen MR) is 254 cm³/mol. The number of aliphatic hydroxyl groups is 1. The predicted octanol–water partition coefficient (Wildman–Crippen LogP) is 6.16. The minimum atomic E-state index is -1.47. The summed E-state index contributed by atoms with van der Waals surface area (Å²) in [6, 6.07) is 12.1. The number of unbranched alkanes of at least 4 members (excludes halogenated alkanes) is 4. The summed E-state index contributed by atoms with van der Waals surface area (Å²) in [5, 5.41) is 17.4. The van der Waals surface area contributed by atoms with Crippen molar-refractivity contribution in [2.24, 2.45) is 10.8 Å². The maximum absolute atomic E-state index is 15.1. The first-order chi connectivity index (χ1) is 33.3. The van der Waals surface area contributed by atoms with Crippen LogP contribution in [0.4, 0.5) is 0 Å². The Balaban J connectivity index is 1.12. The number of carbonyl (C=O) groups is 6. The van der Waals surface area contributed by atoms with Crippen molar-refractivity contribution in [3.63, 3.8) is 0 Å². The second kappa shape index (κ2) is 22.1. The van der Waals surface area contributed by atoms with Gasteiger partial charge in [0.2, 0.25) is 12.0 Å². The van der Waals surface area contributed by atoms with Gasteiger partial charge in [0.15, 0.2) is 11.8 Å². The number of hydrogen-bond acceptors (Lipinski definition) is 15. The molecule has 2 bridgehead atoms. The number of nitrogens with zero attached hydrogens (tertiary/aromatic N) is 1. The minimum absolute atomic E-state index is 0.00258. The molecule has 5 fully saturated rings. The summed E-state index contributed by atoms with van der Waals surface area (Å²) >= 11 is 0. The van der Waals surface area contributed by atoms with E-state index in [9.17, 15) is 29.1 Å². The number of fused-ring (bicyclic) bond motifs is 4. The standard InChI is InChI=1S/C53H71N3O14/c1-8-10-12-24-52(25-13-11-9-2)68-41-38-28-53(49(63)54-29-34-17-15-19-36(27-34)46(60)55-37(31-57)21-23-40(59)67-50(3,4)5)43(47(61)65-38)56(70-44(53)42(41)69-52)30-35-18-14-16-33(26-35)20-22-39(58)66-45-48(62)64-32-51(45,6)7/h14-20,22,26-27,37-38,41-45,57H,8-13,21,23-25,28-32H2,1-7H3,(H,54,63)(H,55,60)/t37-,38+,41-,42-,43+,44+,45-,53+/m0/s1. The molecule has 7 rings (SSSR count). The number of ether oxygens (including phenoxy) is 6. The molecule has 0 radical (unpaired) electrons. The first-order valence-electron chi connectivity index (χ1n) is 24.9. The Bertz CT molecular complexity index is 2260. The zero-order chi connectivity index (χ0) is 50.4. The summed E-state index contributed by atoms with van der Waals surface area (Å²) in [5.41, 5.74) is -0.562. The lowest BCUT2D eigenvalue weighted by molar-refractivity contribution is -0.224. The molecular formula is C53H71N3O14. The van der Waals surface area contributed by atoms with E-state index < -0.39 is 101 Å². The summed E-state index contributed by atoms with van der Waals surface area (Å²) in [6.45, 7) is 13.0. The lowest BCUT2D eigenvalue weighted by Crippen LogP contribution is -2.69. The first kappa shape index (κ1) is 52.6. The highest BCUT2D eigenvalue weighted by Gasteiger charge is 2.76. The Kier molecular flexibility index (Phi) is 16.6. The Morgan fingerprint density at radius 2 is 1.63 bits per heavy atom. The van der Waals surface area contributed by atoms with Gasteiger partial charge in [-0.25, -0.2) is 9.59 Å². The second-order valence-corrected chi connectivity index (χ2v) is 21.1. The minimum Gasteiger partial charge on any atom is -0.462 e. The van der Waals surface area contributed by atoms with E-state index in [0.717, 1.165) is 38.5 Å². The van der Waals surface area contributed by atoms with Gasteiger partial charge in [-0.05, 0) is 74.9 Å². The molecule has 8 atom stereocenters. The Morgan fingerprint density at radius 1 is 0.929 bits per heavy atom. The molecular weight excluding hydrogens is 903 g/mol. The van der Waals surface area contributed by atoms with Gasteiger partial charge in [-0.2, -0.15) is 5.06 Å². The summed E-state index contributed by atoms with van der Waals surface area (Å²) in [4.78, 5) is 87.2. The zero-order valence-corrected chi connectivity index (χ0v) is 41.6. The number of hydrogen-bond donors (Lipinski definition) is 3. The molecule has 5 aliphatic rings. The molecule has 17 heteroatoms. The molecule has 70 heavy (non-hydrogen) atoms. The van der Waals surface area contributed by atoms with Crippen LogP contribution in [0, 0.1) is 10.8 Å². The number of esters is 4. The van der Waals surface area contributed by atoms with E-state index >= 15 is 4.79 Å². The van der Waals surface area contributed by atoms with Crippen molar-refractivity contribution in [3.8, 4) is 0 Å². The largest absolute Gasteiger partial charge is 0.462 e. The molecule has 0 unspecified atom stereocenters. The van der Waals surface area contributed by atoms with Crippen LogP contribution in [0.15, 0.2) is 54.6 Å². The molecule has 2 aromatic rings. The monoisotopic (exact) mass is 973 g/mol. The third kappa shape index (κ3) is 11.9. The molecule has 382 valence electrons. The van der Waals surface area contributed by atoms with E-state index in [1.54, 1.807) is 77.1 Å². The first-order valence-corrected chi connectivity index (χ1v) is 24.9. The van der Waals surface area contributed by atoms with Crippen molar-refractivity contribution in [2.45, 2.75) is 186 Å². The molecule has 4 saturated heterocycles. The molecule has 1 aliphatic carbocycles. The molecule has 0 spiro atoms. The van der Waals surface area contributed by atoms with E-state index in [0.29, 0.717) is 29.5 Å². The van der Waals surface area contributed by atoms with Gasteiger partial charge in [0.05, 0.1) is 19.2 Å². The maximum Gasteiger partial charge on any atom is 0.348 e. The van der Waals surface area contributed by atoms with Crippen molar-refractivity contribution in [2.75, 3.05) is 13.2 Å². The normalized spacial score (nSPS) is 26.8. The van der Waals surface area contributed by atoms with Crippen LogP contribution in [0.2, 0.25) is 0 Å². The fourth-order valence-electron chi connectivity index (χ4n) is 10.3. The number of aliphatic hydroxyl groups excluding tert-OH is 1. The number of cyclic esters (lactones) is 1. The fourth-order valence-corrected chi connectivity index (χ4v) is 10.3. The van der Waals surface area contributed by atoms with Crippen molar-refractivity contribution in [1.82, 2.24) is 15.7 Å². The number of carbonyl (C=O) groups excluding carboxylic acids is 6. The van der Waals surface area contributed by atoms with Crippen molar-refractivity contribution >= 4 is 41.8 Å². The fraction of sp³-hybridized carbons (Fsp3) is 0.623. The van der Waals surface area contributed by atoms with E-state index in [2.05, 4.69) is 24.5 Å². The van der Waals surface area contributed by atoms with Gasteiger partial charge in [0.25, 0.3) is 5.91 Å². The van der Waals surface area contributed by atoms with Gasteiger partial charge in [0, 0.05) is 49.3 Å². The third-order valence-corrected chi connectivity index (χ3v) is 13.8. The summed E-state index contributed by atoms with van der Waals surface area (Å²) in [7, 11) is 0. The Hall–Kier alpha value is -5.20. The summed E-state index contributed by atoms with van der Waals surface area (Å²) in [6.07, 6.45) is 5.94. The average molecular weight is 974 g/mol. The third-order valence-electron chi connectivity index (χ3n) is 13.8. The quantitative estimate of drug-likeness (QED) is 0.0521. The highest BCUT2D eigenvalue weighted by Crippen LogP contribution is 2.58. The number of nitrogens with one attached hydrogen (secondary N) is 2. The van der Waals surface area contributed by atoms with Crippen LogP contribution in [-0.4, -0.2) is 113 Å². The molecule has 0 aromatic heterocycles. The van der Waals surface area contributed by atoms with Gasteiger partial charge >= 0.3 is 23.9 Å². The number of hydroxylamine groups is 2. The number of benzene rings is 2. The van der Waals surface area contributed by atoms with E-state index in [4.69, 9.17) is 33.3 Å². The zero-order valence-electron chi connectivity index (χ0n) is 41.6. The topological polar surface area (TPSA) is 215 Å². The summed E-state index contributed by atoms with van der Waals surface area (Å²) in [5.74, 6) is -4.20. The van der Waals surface area contributed by atoms with Gasteiger partial charge < -0.3 is 44.2 Å². The van der Waals surface area contributed by atoms with Crippen LogP contribution in [0.3, 0.4) is 0 Å². The smallest absolute Gasteiger partial charge is 0.348 e. The molecule has 4 heterocycles. The van der Waals surface area contributed by atoms with Crippen molar-refractivity contribution < 1.29 is 67.1 Å². The molecule has 2 amide bonds.